The van der Waals surface area contributed by atoms with Crippen molar-refractivity contribution in [3.8, 4) is 11.5 Å². The Bertz CT molecular complexity index is 432. The summed E-state index contributed by atoms with van der Waals surface area (Å²) in [5.41, 5.74) is 0.932. The van der Waals surface area contributed by atoms with E-state index in [2.05, 4.69) is 5.32 Å². The molecular weight excluding hydrogens is 232 g/mol. The second-order valence-electron chi connectivity index (χ2n) is 4.52. The van der Waals surface area contributed by atoms with Gasteiger partial charge in [0.1, 0.15) is 0 Å². The molecule has 0 atom stereocenters. The zero-order valence-corrected chi connectivity index (χ0v) is 10.7. The molecule has 2 rings (SSSR count). The van der Waals surface area contributed by atoms with Crippen LogP contribution in [-0.2, 0) is 11.2 Å². The lowest BCUT2D eigenvalue weighted by molar-refractivity contribution is -0.120. The average Bonchev–Trinajstić information content (AvgIpc) is 2.75. The Morgan fingerprint density at radius 3 is 2.89 bits per heavy atom. The molecule has 98 valence electrons. The summed E-state index contributed by atoms with van der Waals surface area (Å²) in [7, 11) is 3.95. The van der Waals surface area contributed by atoms with Gasteiger partial charge in [0.05, 0.1) is 6.42 Å². The first-order valence-electron chi connectivity index (χ1n) is 5.95. The highest BCUT2D eigenvalue weighted by molar-refractivity contribution is 5.78. The van der Waals surface area contributed by atoms with Crippen LogP contribution in [0.25, 0.3) is 0 Å². The fourth-order valence-corrected chi connectivity index (χ4v) is 1.72. The van der Waals surface area contributed by atoms with E-state index < -0.39 is 0 Å². The van der Waals surface area contributed by atoms with Gasteiger partial charge in [0.2, 0.25) is 12.7 Å². The number of rotatable bonds is 5. The number of ether oxygens (including phenoxy) is 2. The fraction of sp³-hybridized carbons (Fsp3) is 0.462. The predicted octanol–water partition coefficient (Wildman–Crippen LogP) is 0.636. The van der Waals surface area contributed by atoms with Gasteiger partial charge in [-0.15, -0.1) is 0 Å². The molecule has 5 nitrogen and oxygen atoms in total. The van der Waals surface area contributed by atoms with Crippen LogP contribution in [0.3, 0.4) is 0 Å². The minimum atomic E-state index is 0.0238. The molecule has 0 fully saturated rings. The summed E-state index contributed by atoms with van der Waals surface area (Å²) in [4.78, 5) is 13.7. The number of nitrogens with zero attached hydrogens (tertiary/aromatic N) is 1. The van der Waals surface area contributed by atoms with E-state index in [-0.39, 0.29) is 12.7 Å². The number of nitrogens with one attached hydrogen (secondary N) is 1. The van der Waals surface area contributed by atoms with Gasteiger partial charge < -0.3 is 19.7 Å². The number of benzene rings is 1. The Morgan fingerprint density at radius 2 is 2.11 bits per heavy atom. The molecule has 1 aliphatic heterocycles. The molecule has 0 saturated carbocycles. The second-order valence-corrected chi connectivity index (χ2v) is 4.52. The van der Waals surface area contributed by atoms with Crippen molar-refractivity contribution in [1.82, 2.24) is 10.2 Å². The number of carbonyl (C=O) groups excluding carboxylic acids is 1. The van der Waals surface area contributed by atoms with Crippen LogP contribution in [0.15, 0.2) is 18.2 Å². The summed E-state index contributed by atoms with van der Waals surface area (Å²) in [5, 5.41) is 2.88. The van der Waals surface area contributed by atoms with Gasteiger partial charge in [0, 0.05) is 13.1 Å². The van der Waals surface area contributed by atoms with E-state index in [0.717, 1.165) is 17.9 Å². The lowest BCUT2D eigenvalue weighted by atomic mass is 10.1. The van der Waals surface area contributed by atoms with Gasteiger partial charge in [-0.2, -0.15) is 0 Å². The first-order chi connectivity index (χ1) is 8.65. The summed E-state index contributed by atoms with van der Waals surface area (Å²) in [6.45, 7) is 1.76. The number of fused-ring (bicyclic) bond motifs is 1. The van der Waals surface area contributed by atoms with Crippen LogP contribution < -0.4 is 14.8 Å². The van der Waals surface area contributed by atoms with Crippen molar-refractivity contribution in [2.45, 2.75) is 6.42 Å². The lowest BCUT2D eigenvalue weighted by Gasteiger charge is -2.10. The maximum atomic E-state index is 11.7. The largest absolute Gasteiger partial charge is 0.454 e. The topological polar surface area (TPSA) is 50.8 Å². The van der Waals surface area contributed by atoms with Crippen LogP contribution in [-0.4, -0.2) is 44.8 Å². The standard InChI is InChI=1S/C13H18N2O3/c1-15(2)6-5-14-13(16)8-10-3-4-11-12(7-10)18-9-17-11/h3-4,7H,5-6,8-9H2,1-2H3,(H,14,16). The van der Waals surface area contributed by atoms with E-state index in [1.807, 2.05) is 37.2 Å². The molecule has 1 heterocycles. The third-order valence-corrected chi connectivity index (χ3v) is 2.68. The Labute approximate surface area is 107 Å². The van der Waals surface area contributed by atoms with Gasteiger partial charge in [0.15, 0.2) is 11.5 Å². The SMILES string of the molecule is CN(C)CCNC(=O)Cc1ccc2c(c1)OCO2. The lowest BCUT2D eigenvalue weighted by Crippen LogP contribution is -2.32. The maximum Gasteiger partial charge on any atom is 0.231 e. The first kappa shape index (κ1) is 12.7. The van der Waals surface area contributed by atoms with Gasteiger partial charge in [-0.1, -0.05) is 6.07 Å². The number of amides is 1. The number of likely N-dealkylation sites (N-methyl/N-ethyl adjacent to an activating group) is 1. The van der Waals surface area contributed by atoms with Crippen LogP contribution in [0.1, 0.15) is 5.56 Å². The summed E-state index contributed by atoms with van der Waals surface area (Å²) in [6, 6.07) is 5.58. The van der Waals surface area contributed by atoms with E-state index in [9.17, 15) is 4.79 Å². The zero-order chi connectivity index (χ0) is 13.0. The maximum absolute atomic E-state index is 11.7. The Morgan fingerprint density at radius 1 is 1.33 bits per heavy atom. The van der Waals surface area contributed by atoms with Crippen LogP contribution in [0.5, 0.6) is 11.5 Å². The first-order valence-corrected chi connectivity index (χ1v) is 5.95. The van der Waals surface area contributed by atoms with Crippen molar-refractivity contribution < 1.29 is 14.3 Å². The van der Waals surface area contributed by atoms with E-state index in [4.69, 9.17) is 9.47 Å². The summed E-state index contributed by atoms with van der Waals surface area (Å²) in [5.74, 6) is 1.48. The molecule has 1 N–H and O–H groups in total. The highest BCUT2D eigenvalue weighted by Gasteiger charge is 2.14. The predicted molar refractivity (Wildman–Crippen MR) is 67.8 cm³/mol. The molecule has 0 spiro atoms. The van der Waals surface area contributed by atoms with Crippen LogP contribution in [0, 0.1) is 0 Å². The fourth-order valence-electron chi connectivity index (χ4n) is 1.72. The second kappa shape index (κ2) is 5.73. The van der Waals surface area contributed by atoms with Crippen molar-refractivity contribution in [3.05, 3.63) is 23.8 Å². The molecule has 5 heteroatoms. The molecule has 0 radical (unpaired) electrons. The third kappa shape index (κ3) is 3.37. The highest BCUT2D eigenvalue weighted by Crippen LogP contribution is 2.32. The molecular formula is C13H18N2O3. The van der Waals surface area contributed by atoms with Crippen LogP contribution in [0.4, 0.5) is 0 Å². The molecule has 1 amide bonds. The monoisotopic (exact) mass is 250 g/mol. The molecule has 0 aromatic heterocycles. The van der Waals surface area contributed by atoms with Crippen molar-refractivity contribution >= 4 is 5.91 Å². The van der Waals surface area contributed by atoms with Gasteiger partial charge in [0.25, 0.3) is 0 Å². The molecule has 1 aromatic rings. The smallest absolute Gasteiger partial charge is 0.231 e. The van der Waals surface area contributed by atoms with Gasteiger partial charge in [-0.3, -0.25) is 4.79 Å². The summed E-state index contributed by atoms with van der Waals surface area (Å²) >= 11 is 0. The highest BCUT2D eigenvalue weighted by atomic mass is 16.7. The molecule has 1 aliphatic rings. The Kier molecular flexibility index (Phi) is 4.04. The normalized spacial score (nSPS) is 12.8. The van der Waals surface area contributed by atoms with Crippen LogP contribution >= 0.6 is 0 Å². The quantitative estimate of drug-likeness (QED) is 0.833. The minimum Gasteiger partial charge on any atom is -0.454 e. The Hall–Kier alpha value is -1.75. The number of hydrogen-bond donors (Lipinski definition) is 1. The van der Waals surface area contributed by atoms with Gasteiger partial charge in [-0.25, -0.2) is 0 Å². The zero-order valence-electron chi connectivity index (χ0n) is 10.7. The van der Waals surface area contributed by atoms with E-state index >= 15 is 0 Å². The number of hydrogen-bond acceptors (Lipinski definition) is 4. The molecule has 0 unspecified atom stereocenters. The van der Waals surface area contributed by atoms with Gasteiger partial charge >= 0.3 is 0 Å². The number of carbonyl (C=O) groups is 1. The molecule has 1 aromatic carbocycles. The molecule has 0 bridgehead atoms. The third-order valence-electron chi connectivity index (χ3n) is 2.68. The molecule has 0 aliphatic carbocycles. The minimum absolute atomic E-state index is 0.0238. The Balaban J connectivity index is 1.84. The van der Waals surface area contributed by atoms with E-state index in [1.54, 1.807) is 0 Å². The van der Waals surface area contributed by atoms with Crippen LogP contribution in [0.2, 0.25) is 0 Å². The van der Waals surface area contributed by atoms with Crippen molar-refractivity contribution in [3.63, 3.8) is 0 Å². The van der Waals surface area contributed by atoms with Crippen molar-refractivity contribution in [2.75, 3.05) is 34.0 Å². The average molecular weight is 250 g/mol. The van der Waals surface area contributed by atoms with E-state index in [1.165, 1.54) is 0 Å². The summed E-state index contributed by atoms with van der Waals surface area (Å²) < 4.78 is 10.5. The van der Waals surface area contributed by atoms with Crippen molar-refractivity contribution in [1.29, 1.82) is 0 Å². The van der Waals surface area contributed by atoms with Gasteiger partial charge in [-0.05, 0) is 31.8 Å². The van der Waals surface area contributed by atoms with Crippen molar-refractivity contribution in [2.24, 2.45) is 0 Å². The molecule has 0 saturated heterocycles. The van der Waals surface area contributed by atoms with E-state index in [0.29, 0.717) is 18.7 Å². The summed E-state index contributed by atoms with van der Waals surface area (Å²) in [6.07, 6.45) is 0.365. The molecule has 18 heavy (non-hydrogen) atoms.